The van der Waals surface area contributed by atoms with Gasteiger partial charge >= 0.3 is 0 Å². The van der Waals surface area contributed by atoms with Gasteiger partial charge in [-0.15, -0.1) is 0 Å². The van der Waals surface area contributed by atoms with E-state index < -0.39 is 0 Å². The molecule has 112 valence electrons. The van der Waals surface area contributed by atoms with Crippen LogP contribution in [0.4, 0.5) is 0 Å². The molecule has 1 aromatic carbocycles. The molecule has 0 spiro atoms. The molecule has 7 heteroatoms. The van der Waals surface area contributed by atoms with Crippen molar-refractivity contribution in [3.05, 3.63) is 71.2 Å². The van der Waals surface area contributed by atoms with Crippen molar-refractivity contribution in [2.75, 3.05) is 0 Å². The smallest absolute Gasteiger partial charge is 0.273 e. The van der Waals surface area contributed by atoms with E-state index in [-0.39, 0.29) is 11.9 Å². The zero-order chi connectivity index (χ0) is 15.8. The molecular formula is C16H11N5O2. The number of aromatic amines is 1. The lowest BCUT2D eigenvalue weighted by molar-refractivity contribution is 0.0697. The number of hydrogen-bond acceptors (Lipinski definition) is 5. The number of H-pyrrole nitrogens is 1. The summed E-state index contributed by atoms with van der Waals surface area (Å²) < 4.78 is 5.43. The predicted octanol–water partition coefficient (Wildman–Crippen LogP) is 2.01. The summed E-state index contributed by atoms with van der Waals surface area (Å²) in [6, 6.07) is 8.80. The summed E-state index contributed by atoms with van der Waals surface area (Å²) in [7, 11) is 0. The minimum Gasteiger partial charge on any atom is -0.446 e. The number of nitrogens with zero attached hydrogens (tertiary/aromatic N) is 4. The highest BCUT2D eigenvalue weighted by Crippen LogP contribution is 2.39. The van der Waals surface area contributed by atoms with Gasteiger partial charge in [0.2, 0.25) is 0 Å². The third kappa shape index (κ3) is 2.08. The Balaban J connectivity index is 1.80. The lowest BCUT2D eigenvalue weighted by Gasteiger charge is -2.22. The van der Waals surface area contributed by atoms with Crippen molar-refractivity contribution in [2.24, 2.45) is 0 Å². The van der Waals surface area contributed by atoms with E-state index in [4.69, 9.17) is 9.68 Å². The lowest BCUT2D eigenvalue weighted by atomic mass is 10.0. The molecule has 23 heavy (non-hydrogen) atoms. The predicted molar refractivity (Wildman–Crippen MR) is 78.0 cm³/mol. The number of nitrogens with one attached hydrogen (secondary N) is 1. The van der Waals surface area contributed by atoms with Gasteiger partial charge in [-0.3, -0.25) is 9.89 Å². The maximum atomic E-state index is 12.8. The number of amides is 1. The zero-order valence-corrected chi connectivity index (χ0v) is 11.9. The first-order valence-corrected chi connectivity index (χ1v) is 6.99. The summed E-state index contributed by atoms with van der Waals surface area (Å²) in [6.07, 6.45) is 4.48. The molecule has 0 saturated heterocycles. The zero-order valence-electron chi connectivity index (χ0n) is 11.9. The van der Waals surface area contributed by atoms with Crippen LogP contribution in [0.5, 0.6) is 0 Å². The van der Waals surface area contributed by atoms with Crippen LogP contribution >= 0.6 is 0 Å². The first-order valence-electron chi connectivity index (χ1n) is 6.99. The van der Waals surface area contributed by atoms with E-state index in [0.717, 1.165) is 11.1 Å². The molecule has 0 radical (unpaired) electrons. The molecule has 1 aliphatic rings. The summed E-state index contributed by atoms with van der Waals surface area (Å²) >= 11 is 0. The molecule has 1 unspecified atom stereocenters. The van der Waals surface area contributed by atoms with E-state index in [2.05, 4.69) is 21.3 Å². The Morgan fingerprint density at radius 3 is 3.04 bits per heavy atom. The van der Waals surface area contributed by atoms with Crippen molar-refractivity contribution in [2.45, 2.75) is 12.6 Å². The Hall–Kier alpha value is -3.40. The van der Waals surface area contributed by atoms with Crippen LogP contribution in [0.3, 0.4) is 0 Å². The summed E-state index contributed by atoms with van der Waals surface area (Å²) in [4.78, 5) is 18.4. The second-order valence-electron chi connectivity index (χ2n) is 5.24. The lowest BCUT2D eigenvalue weighted by Crippen LogP contribution is -2.30. The highest BCUT2D eigenvalue weighted by atomic mass is 16.3. The molecule has 7 nitrogen and oxygen atoms in total. The van der Waals surface area contributed by atoms with Crippen molar-refractivity contribution in [1.82, 2.24) is 20.1 Å². The van der Waals surface area contributed by atoms with Gasteiger partial charge in [-0.05, 0) is 29.3 Å². The summed E-state index contributed by atoms with van der Waals surface area (Å²) in [5.41, 5.74) is 2.84. The number of nitriles is 1. The largest absolute Gasteiger partial charge is 0.446 e. The van der Waals surface area contributed by atoms with Gasteiger partial charge in [-0.2, -0.15) is 10.4 Å². The van der Waals surface area contributed by atoms with Gasteiger partial charge in [0.1, 0.15) is 11.7 Å². The maximum absolute atomic E-state index is 12.8. The normalized spacial score (nSPS) is 16.1. The van der Waals surface area contributed by atoms with Gasteiger partial charge in [-0.1, -0.05) is 6.07 Å². The van der Waals surface area contributed by atoms with E-state index in [1.54, 1.807) is 29.3 Å². The molecule has 2 aromatic heterocycles. The van der Waals surface area contributed by atoms with Gasteiger partial charge < -0.3 is 9.32 Å². The number of benzene rings is 1. The van der Waals surface area contributed by atoms with E-state index >= 15 is 0 Å². The fourth-order valence-corrected chi connectivity index (χ4v) is 2.91. The van der Waals surface area contributed by atoms with E-state index in [1.807, 2.05) is 6.07 Å². The van der Waals surface area contributed by atoms with Gasteiger partial charge in [0.25, 0.3) is 5.91 Å². The van der Waals surface area contributed by atoms with E-state index in [0.29, 0.717) is 23.6 Å². The number of fused-ring (bicyclic) bond motifs is 1. The van der Waals surface area contributed by atoms with Crippen LogP contribution in [-0.2, 0) is 6.54 Å². The van der Waals surface area contributed by atoms with Crippen molar-refractivity contribution < 1.29 is 9.21 Å². The van der Waals surface area contributed by atoms with Crippen LogP contribution in [0.15, 0.2) is 47.5 Å². The molecular weight excluding hydrogens is 294 g/mol. The van der Waals surface area contributed by atoms with Crippen LogP contribution in [0, 0.1) is 11.3 Å². The van der Waals surface area contributed by atoms with Crippen LogP contribution in [0.1, 0.15) is 39.0 Å². The minimum absolute atomic E-state index is 0.182. The van der Waals surface area contributed by atoms with Crippen LogP contribution in [-0.4, -0.2) is 26.0 Å². The standard InChI is InChI=1S/C16H11N5O2/c17-6-10-1-2-12-11(5-10)8-21(15(12)14-7-18-9-23-14)16(22)13-3-4-19-20-13/h1-5,7,9,15H,8H2,(H,19,20). The third-order valence-electron chi connectivity index (χ3n) is 3.93. The molecule has 3 heterocycles. The second-order valence-corrected chi connectivity index (χ2v) is 5.24. The van der Waals surface area contributed by atoms with Crippen molar-refractivity contribution >= 4 is 5.91 Å². The molecule has 0 bridgehead atoms. The molecule has 1 atom stereocenters. The average molecular weight is 305 g/mol. The Labute approximate surface area is 131 Å². The van der Waals surface area contributed by atoms with Crippen LogP contribution in [0.2, 0.25) is 0 Å². The molecule has 1 amide bonds. The highest BCUT2D eigenvalue weighted by molar-refractivity contribution is 5.93. The Morgan fingerprint density at radius 2 is 2.35 bits per heavy atom. The Bertz CT molecular complexity index is 893. The van der Waals surface area contributed by atoms with Gasteiger partial charge in [0, 0.05) is 12.7 Å². The maximum Gasteiger partial charge on any atom is 0.273 e. The number of aromatic nitrogens is 3. The molecule has 4 rings (SSSR count). The fourth-order valence-electron chi connectivity index (χ4n) is 2.91. The van der Waals surface area contributed by atoms with Crippen molar-refractivity contribution in [3.8, 4) is 6.07 Å². The monoisotopic (exact) mass is 305 g/mol. The van der Waals surface area contributed by atoms with Gasteiger partial charge in [0.15, 0.2) is 12.2 Å². The summed E-state index contributed by atoms with van der Waals surface area (Å²) in [6.45, 7) is 0.397. The molecule has 0 fully saturated rings. The minimum atomic E-state index is -0.365. The van der Waals surface area contributed by atoms with Gasteiger partial charge in [-0.25, -0.2) is 4.98 Å². The van der Waals surface area contributed by atoms with Crippen LogP contribution < -0.4 is 0 Å². The van der Waals surface area contributed by atoms with Gasteiger partial charge in [0.05, 0.1) is 17.8 Å². The highest BCUT2D eigenvalue weighted by Gasteiger charge is 2.37. The third-order valence-corrected chi connectivity index (χ3v) is 3.93. The quantitative estimate of drug-likeness (QED) is 0.781. The number of hydrogen-bond donors (Lipinski definition) is 1. The van der Waals surface area contributed by atoms with E-state index in [1.165, 1.54) is 12.6 Å². The average Bonchev–Trinajstić information content (AvgIpc) is 3.31. The SMILES string of the molecule is N#Cc1ccc2c(c1)CN(C(=O)c1ccn[nH]1)C2c1cnco1. The molecule has 1 N–H and O–H groups in total. The number of oxazole rings is 1. The number of carbonyl (C=O) groups is 1. The first-order chi connectivity index (χ1) is 11.3. The number of carbonyl (C=O) groups excluding carboxylic acids is 1. The van der Waals surface area contributed by atoms with Crippen LogP contribution in [0.25, 0.3) is 0 Å². The number of rotatable bonds is 2. The second kappa shape index (κ2) is 5.10. The van der Waals surface area contributed by atoms with E-state index in [9.17, 15) is 4.79 Å². The Kier molecular flexibility index (Phi) is 2.95. The van der Waals surface area contributed by atoms with Crippen molar-refractivity contribution in [3.63, 3.8) is 0 Å². The molecule has 0 saturated carbocycles. The van der Waals surface area contributed by atoms with Crippen molar-refractivity contribution in [1.29, 1.82) is 5.26 Å². The molecule has 1 aliphatic heterocycles. The summed E-state index contributed by atoms with van der Waals surface area (Å²) in [5.74, 6) is 0.403. The fraction of sp³-hybridized carbons (Fsp3) is 0.125. The summed E-state index contributed by atoms with van der Waals surface area (Å²) in [5, 5.41) is 15.6. The topological polar surface area (TPSA) is 98.8 Å². The Morgan fingerprint density at radius 1 is 1.43 bits per heavy atom. The first kappa shape index (κ1) is 13.3. The molecule has 3 aromatic rings. The molecule has 0 aliphatic carbocycles.